The number of alkyl halides is 3. The number of amides is 1. The van der Waals surface area contributed by atoms with Crippen molar-refractivity contribution in [1.29, 1.82) is 0 Å². The third kappa shape index (κ3) is 3.71. The molecule has 0 bridgehead atoms. The fourth-order valence-corrected chi connectivity index (χ4v) is 2.86. The van der Waals surface area contributed by atoms with Gasteiger partial charge in [-0.1, -0.05) is 19.1 Å². The van der Waals surface area contributed by atoms with Crippen LogP contribution in [-0.2, 0) is 10.9 Å². The third-order valence-electron chi connectivity index (χ3n) is 4.25. The molecule has 7 heteroatoms. The standard InChI is InChI=1S/C18H18F3NO3/c1-2-14-11-24-9-8-22(14)17(23)16-7-6-15(25-16)12-4-3-5-13(10-12)18(19,20)21/h3-7,10,14H,2,8-9,11H2,1H3. The van der Waals surface area contributed by atoms with Crippen LogP contribution in [0.3, 0.4) is 0 Å². The van der Waals surface area contributed by atoms with E-state index < -0.39 is 11.7 Å². The van der Waals surface area contributed by atoms with Gasteiger partial charge in [-0.25, -0.2) is 0 Å². The second-order valence-corrected chi connectivity index (χ2v) is 5.88. The van der Waals surface area contributed by atoms with E-state index in [1.54, 1.807) is 4.90 Å². The van der Waals surface area contributed by atoms with Gasteiger partial charge in [0, 0.05) is 12.1 Å². The Morgan fingerprint density at radius 2 is 2.08 bits per heavy atom. The van der Waals surface area contributed by atoms with Gasteiger partial charge in [-0.3, -0.25) is 4.79 Å². The summed E-state index contributed by atoms with van der Waals surface area (Å²) < 4.78 is 49.4. The van der Waals surface area contributed by atoms with E-state index in [4.69, 9.17) is 9.15 Å². The molecule has 2 aromatic rings. The Morgan fingerprint density at radius 1 is 1.28 bits per heavy atom. The smallest absolute Gasteiger partial charge is 0.416 e. The Balaban J connectivity index is 1.84. The summed E-state index contributed by atoms with van der Waals surface area (Å²) >= 11 is 0. The maximum Gasteiger partial charge on any atom is 0.416 e. The molecule has 0 N–H and O–H groups in total. The number of benzene rings is 1. The van der Waals surface area contributed by atoms with Gasteiger partial charge in [0.1, 0.15) is 5.76 Å². The van der Waals surface area contributed by atoms with Gasteiger partial charge in [0.15, 0.2) is 5.76 Å². The van der Waals surface area contributed by atoms with Crippen LogP contribution in [0.2, 0.25) is 0 Å². The third-order valence-corrected chi connectivity index (χ3v) is 4.25. The van der Waals surface area contributed by atoms with E-state index in [1.807, 2.05) is 6.92 Å². The van der Waals surface area contributed by atoms with Crippen molar-refractivity contribution >= 4 is 5.91 Å². The summed E-state index contributed by atoms with van der Waals surface area (Å²) in [7, 11) is 0. The number of ether oxygens (including phenoxy) is 1. The molecule has 0 spiro atoms. The molecule has 1 saturated heterocycles. The lowest BCUT2D eigenvalue weighted by atomic mass is 10.1. The van der Waals surface area contributed by atoms with E-state index >= 15 is 0 Å². The molecule has 0 saturated carbocycles. The van der Waals surface area contributed by atoms with Gasteiger partial charge in [0.25, 0.3) is 5.91 Å². The SMILES string of the molecule is CCC1COCCN1C(=O)c1ccc(-c2cccc(C(F)(F)F)c2)o1. The molecule has 1 atom stereocenters. The molecule has 3 rings (SSSR count). The largest absolute Gasteiger partial charge is 0.451 e. The van der Waals surface area contributed by atoms with Crippen molar-refractivity contribution in [3.63, 3.8) is 0 Å². The maximum absolute atomic E-state index is 12.8. The lowest BCUT2D eigenvalue weighted by Crippen LogP contribution is -2.48. The molecule has 1 aromatic heterocycles. The van der Waals surface area contributed by atoms with Crippen LogP contribution in [0.5, 0.6) is 0 Å². The first-order valence-electron chi connectivity index (χ1n) is 8.06. The summed E-state index contributed by atoms with van der Waals surface area (Å²) in [6, 6.07) is 7.84. The number of hydrogen-bond acceptors (Lipinski definition) is 3. The van der Waals surface area contributed by atoms with Crippen LogP contribution in [0, 0.1) is 0 Å². The van der Waals surface area contributed by atoms with Crippen LogP contribution < -0.4 is 0 Å². The molecule has 1 aliphatic heterocycles. The zero-order valence-corrected chi connectivity index (χ0v) is 13.7. The average molecular weight is 353 g/mol. The minimum atomic E-state index is -4.43. The summed E-state index contributed by atoms with van der Waals surface area (Å²) in [6.45, 7) is 3.37. The fraction of sp³-hybridized carbons (Fsp3) is 0.389. The number of furan rings is 1. The molecule has 1 fully saturated rings. The molecule has 0 aliphatic carbocycles. The molecule has 25 heavy (non-hydrogen) atoms. The van der Waals surface area contributed by atoms with Gasteiger partial charge in [-0.2, -0.15) is 13.2 Å². The van der Waals surface area contributed by atoms with Crippen molar-refractivity contribution < 1.29 is 27.1 Å². The van der Waals surface area contributed by atoms with Crippen LogP contribution in [0.4, 0.5) is 13.2 Å². The maximum atomic E-state index is 12.8. The van der Waals surface area contributed by atoms with E-state index in [2.05, 4.69) is 0 Å². The normalized spacial score (nSPS) is 18.4. The van der Waals surface area contributed by atoms with Gasteiger partial charge < -0.3 is 14.1 Å². The van der Waals surface area contributed by atoms with Crippen LogP contribution >= 0.6 is 0 Å². The number of hydrogen-bond donors (Lipinski definition) is 0. The topological polar surface area (TPSA) is 42.7 Å². The second kappa shape index (κ2) is 6.92. The Hall–Kier alpha value is -2.28. The number of halogens is 3. The monoisotopic (exact) mass is 353 g/mol. The lowest BCUT2D eigenvalue weighted by Gasteiger charge is -2.34. The van der Waals surface area contributed by atoms with Crippen molar-refractivity contribution in [3.05, 3.63) is 47.7 Å². The number of carbonyl (C=O) groups is 1. The van der Waals surface area contributed by atoms with Gasteiger partial charge >= 0.3 is 6.18 Å². The van der Waals surface area contributed by atoms with E-state index in [-0.39, 0.29) is 29.0 Å². The number of rotatable bonds is 3. The molecular formula is C18H18F3NO3. The van der Waals surface area contributed by atoms with E-state index in [9.17, 15) is 18.0 Å². The van der Waals surface area contributed by atoms with E-state index in [1.165, 1.54) is 24.3 Å². The molecule has 134 valence electrons. The summed E-state index contributed by atoms with van der Waals surface area (Å²) in [4.78, 5) is 14.3. The van der Waals surface area contributed by atoms with Crippen molar-refractivity contribution in [1.82, 2.24) is 4.90 Å². The Bertz CT molecular complexity index is 754. The first-order chi connectivity index (χ1) is 11.9. The van der Waals surface area contributed by atoms with Crippen LogP contribution in [-0.4, -0.2) is 36.6 Å². The number of morpholine rings is 1. The zero-order chi connectivity index (χ0) is 18.0. The number of carbonyl (C=O) groups excluding carboxylic acids is 1. The first-order valence-corrected chi connectivity index (χ1v) is 8.06. The summed E-state index contributed by atoms with van der Waals surface area (Å²) in [6.07, 6.45) is -3.67. The highest BCUT2D eigenvalue weighted by Crippen LogP contribution is 2.32. The van der Waals surface area contributed by atoms with Gasteiger partial charge in [0.2, 0.25) is 0 Å². The molecular weight excluding hydrogens is 335 g/mol. The Labute approximate surface area is 143 Å². The van der Waals surface area contributed by atoms with Crippen molar-refractivity contribution in [3.8, 4) is 11.3 Å². The van der Waals surface area contributed by atoms with Crippen LogP contribution in [0.25, 0.3) is 11.3 Å². The van der Waals surface area contributed by atoms with Crippen LogP contribution in [0.15, 0.2) is 40.8 Å². The molecule has 4 nitrogen and oxygen atoms in total. The van der Waals surface area contributed by atoms with E-state index in [0.29, 0.717) is 19.8 Å². The first kappa shape index (κ1) is 17.5. The minimum Gasteiger partial charge on any atom is -0.451 e. The highest BCUT2D eigenvalue weighted by Gasteiger charge is 2.31. The lowest BCUT2D eigenvalue weighted by molar-refractivity contribution is -0.137. The average Bonchev–Trinajstić information content (AvgIpc) is 3.10. The molecule has 1 unspecified atom stereocenters. The quantitative estimate of drug-likeness (QED) is 0.830. The molecule has 0 radical (unpaired) electrons. The molecule has 1 amide bonds. The predicted molar refractivity (Wildman–Crippen MR) is 85.1 cm³/mol. The van der Waals surface area contributed by atoms with Crippen LogP contribution in [0.1, 0.15) is 29.5 Å². The van der Waals surface area contributed by atoms with E-state index in [0.717, 1.165) is 18.6 Å². The van der Waals surface area contributed by atoms with Gasteiger partial charge in [0.05, 0.1) is 24.8 Å². The van der Waals surface area contributed by atoms with Crippen molar-refractivity contribution in [2.24, 2.45) is 0 Å². The zero-order valence-electron chi connectivity index (χ0n) is 13.7. The molecule has 2 heterocycles. The Morgan fingerprint density at radius 3 is 2.80 bits per heavy atom. The second-order valence-electron chi connectivity index (χ2n) is 5.88. The highest BCUT2D eigenvalue weighted by molar-refractivity contribution is 5.92. The van der Waals surface area contributed by atoms with Gasteiger partial charge in [-0.15, -0.1) is 0 Å². The fourth-order valence-electron chi connectivity index (χ4n) is 2.86. The molecule has 1 aromatic carbocycles. The summed E-state index contributed by atoms with van der Waals surface area (Å²) in [5, 5.41) is 0. The molecule has 1 aliphatic rings. The summed E-state index contributed by atoms with van der Waals surface area (Å²) in [5.41, 5.74) is -0.476. The summed E-state index contributed by atoms with van der Waals surface area (Å²) in [5.74, 6) is 0.0805. The Kier molecular flexibility index (Phi) is 4.85. The highest BCUT2D eigenvalue weighted by atomic mass is 19.4. The van der Waals surface area contributed by atoms with Crippen molar-refractivity contribution in [2.75, 3.05) is 19.8 Å². The predicted octanol–water partition coefficient (Wildman–Crippen LogP) is 4.22. The van der Waals surface area contributed by atoms with Crippen molar-refractivity contribution in [2.45, 2.75) is 25.6 Å². The minimum absolute atomic E-state index is 0.0247. The van der Waals surface area contributed by atoms with Gasteiger partial charge in [-0.05, 0) is 30.7 Å². The number of nitrogens with zero attached hydrogens (tertiary/aromatic N) is 1.